The van der Waals surface area contributed by atoms with Gasteiger partial charge in [-0.3, -0.25) is 19.8 Å². The summed E-state index contributed by atoms with van der Waals surface area (Å²) >= 11 is 0. The van der Waals surface area contributed by atoms with Gasteiger partial charge in [0.15, 0.2) is 0 Å². The first-order valence-corrected chi connectivity index (χ1v) is 5.67. The molecule has 0 atom stereocenters. The maximum atomic E-state index is 11.3. The molecule has 1 aromatic rings. The molecule has 100 valence electrons. The van der Waals surface area contributed by atoms with Crippen molar-refractivity contribution in [3.8, 4) is 0 Å². The van der Waals surface area contributed by atoms with E-state index >= 15 is 0 Å². The second-order valence-corrected chi connectivity index (χ2v) is 3.61. The molecule has 0 bridgehead atoms. The molecule has 1 rings (SSSR count). The zero-order chi connectivity index (χ0) is 13.5. The number of esters is 1. The van der Waals surface area contributed by atoms with Crippen LogP contribution in [0.4, 0.5) is 5.88 Å². The van der Waals surface area contributed by atoms with Crippen LogP contribution in [0.5, 0.6) is 0 Å². The van der Waals surface area contributed by atoms with E-state index in [4.69, 9.17) is 9.15 Å². The topological polar surface area (TPSA) is 85.8 Å². The molecule has 0 radical (unpaired) electrons. The van der Waals surface area contributed by atoms with Crippen molar-refractivity contribution >= 4 is 11.9 Å². The van der Waals surface area contributed by atoms with E-state index in [1.165, 1.54) is 12.1 Å². The lowest BCUT2D eigenvalue weighted by Gasteiger charge is -2.17. The first kappa shape index (κ1) is 14.2. The third kappa shape index (κ3) is 4.17. The van der Waals surface area contributed by atoms with Crippen molar-refractivity contribution in [1.82, 2.24) is 4.90 Å². The number of carbonyl (C=O) groups is 1. The van der Waals surface area contributed by atoms with Gasteiger partial charge in [0.2, 0.25) is 0 Å². The summed E-state index contributed by atoms with van der Waals surface area (Å²) in [7, 11) is 0. The van der Waals surface area contributed by atoms with Gasteiger partial charge in [-0.25, -0.2) is 0 Å². The third-order valence-electron chi connectivity index (χ3n) is 2.31. The van der Waals surface area contributed by atoms with Crippen LogP contribution in [0.3, 0.4) is 0 Å². The predicted molar refractivity (Wildman–Crippen MR) is 62.9 cm³/mol. The SMILES string of the molecule is CCOC(=O)CN(CC)Cc1ccc([N+](=O)[O-])o1. The zero-order valence-corrected chi connectivity index (χ0v) is 10.4. The summed E-state index contributed by atoms with van der Waals surface area (Å²) < 4.78 is 9.86. The largest absolute Gasteiger partial charge is 0.465 e. The van der Waals surface area contributed by atoms with Crippen molar-refractivity contribution in [3.63, 3.8) is 0 Å². The Balaban J connectivity index is 2.56. The van der Waals surface area contributed by atoms with Crippen LogP contribution >= 0.6 is 0 Å². The minimum atomic E-state index is -0.592. The number of likely N-dealkylation sites (N-methyl/N-ethyl adjacent to an activating group) is 1. The fraction of sp³-hybridized carbons (Fsp3) is 0.545. The molecule has 0 aromatic carbocycles. The van der Waals surface area contributed by atoms with Crippen LogP contribution in [-0.4, -0.2) is 35.5 Å². The smallest absolute Gasteiger partial charge is 0.433 e. The Labute approximate surface area is 104 Å². The summed E-state index contributed by atoms with van der Waals surface area (Å²) in [5, 5.41) is 10.5. The van der Waals surface area contributed by atoms with Crippen molar-refractivity contribution in [2.45, 2.75) is 20.4 Å². The molecule has 0 aliphatic carbocycles. The average Bonchev–Trinajstić information content (AvgIpc) is 2.77. The fourth-order valence-corrected chi connectivity index (χ4v) is 1.44. The van der Waals surface area contributed by atoms with Crippen LogP contribution < -0.4 is 0 Å². The summed E-state index contributed by atoms with van der Waals surface area (Å²) in [5.74, 6) is -0.162. The standard InChI is InChI=1S/C11H16N2O5/c1-3-12(8-11(14)17-4-2)7-9-5-6-10(18-9)13(15)16/h5-6H,3-4,7-8H2,1-2H3. The van der Waals surface area contributed by atoms with Gasteiger partial charge in [0.1, 0.15) is 10.7 Å². The number of nitro groups is 1. The Morgan fingerprint density at radius 3 is 2.72 bits per heavy atom. The van der Waals surface area contributed by atoms with Crippen LogP contribution in [0.2, 0.25) is 0 Å². The molecule has 1 aromatic heterocycles. The molecule has 0 N–H and O–H groups in total. The molecule has 18 heavy (non-hydrogen) atoms. The van der Waals surface area contributed by atoms with Gasteiger partial charge in [-0.1, -0.05) is 6.92 Å². The van der Waals surface area contributed by atoms with E-state index in [1.54, 1.807) is 11.8 Å². The molecule has 0 saturated heterocycles. The lowest BCUT2D eigenvalue weighted by Crippen LogP contribution is -2.30. The highest BCUT2D eigenvalue weighted by Gasteiger charge is 2.15. The van der Waals surface area contributed by atoms with E-state index in [0.717, 1.165) is 0 Å². The van der Waals surface area contributed by atoms with Crippen LogP contribution in [0.1, 0.15) is 19.6 Å². The molecule has 0 aliphatic rings. The summed E-state index contributed by atoms with van der Waals surface area (Å²) in [6.45, 7) is 5.05. The maximum Gasteiger partial charge on any atom is 0.433 e. The molecule has 7 heteroatoms. The number of rotatable bonds is 7. The number of hydrogen-bond donors (Lipinski definition) is 0. The molecule has 0 amide bonds. The van der Waals surface area contributed by atoms with E-state index < -0.39 is 4.92 Å². The first-order valence-electron chi connectivity index (χ1n) is 5.67. The highest BCUT2D eigenvalue weighted by atomic mass is 16.6. The van der Waals surface area contributed by atoms with E-state index in [2.05, 4.69) is 0 Å². The Kier molecular flexibility index (Phi) is 5.31. The van der Waals surface area contributed by atoms with Gasteiger partial charge in [0.25, 0.3) is 0 Å². The number of furan rings is 1. The lowest BCUT2D eigenvalue weighted by molar-refractivity contribution is -0.402. The van der Waals surface area contributed by atoms with Crippen molar-refractivity contribution < 1.29 is 18.9 Å². The monoisotopic (exact) mass is 256 g/mol. The molecule has 1 heterocycles. The molecular formula is C11H16N2O5. The first-order chi connectivity index (χ1) is 8.56. The van der Waals surface area contributed by atoms with Gasteiger partial charge in [0.05, 0.1) is 25.8 Å². The van der Waals surface area contributed by atoms with Crippen LogP contribution in [-0.2, 0) is 16.1 Å². The second-order valence-electron chi connectivity index (χ2n) is 3.61. The highest BCUT2D eigenvalue weighted by molar-refractivity contribution is 5.71. The Bertz CT molecular complexity index is 415. The Hall–Kier alpha value is -1.89. The average molecular weight is 256 g/mol. The van der Waals surface area contributed by atoms with Crippen LogP contribution in [0, 0.1) is 10.1 Å². The number of ether oxygens (including phenoxy) is 1. The van der Waals surface area contributed by atoms with Crippen molar-refractivity contribution in [1.29, 1.82) is 0 Å². The fourth-order valence-electron chi connectivity index (χ4n) is 1.44. The Morgan fingerprint density at radius 2 is 2.22 bits per heavy atom. The van der Waals surface area contributed by atoms with Gasteiger partial charge in [-0.2, -0.15) is 0 Å². The summed E-state index contributed by atoms with van der Waals surface area (Å²) in [6.07, 6.45) is 0. The second kappa shape index (κ2) is 6.75. The molecular weight excluding hydrogens is 240 g/mol. The van der Waals surface area contributed by atoms with Gasteiger partial charge in [-0.05, 0) is 19.5 Å². The molecule has 7 nitrogen and oxygen atoms in total. The number of carbonyl (C=O) groups excluding carboxylic acids is 1. The number of nitrogens with zero attached hydrogens (tertiary/aromatic N) is 2. The molecule has 0 spiro atoms. The Morgan fingerprint density at radius 1 is 1.50 bits per heavy atom. The molecule has 0 aliphatic heterocycles. The normalized spacial score (nSPS) is 10.6. The quantitative estimate of drug-likeness (QED) is 0.418. The van der Waals surface area contributed by atoms with E-state index in [1.807, 2.05) is 6.92 Å². The van der Waals surface area contributed by atoms with Crippen LogP contribution in [0.15, 0.2) is 16.5 Å². The third-order valence-corrected chi connectivity index (χ3v) is 2.31. The van der Waals surface area contributed by atoms with Gasteiger partial charge in [0, 0.05) is 0 Å². The van der Waals surface area contributed by atoms with Gasteiger partial charge in [-0.15, -0.1) is 0 Å². The van der Waals surface area contributed by atoms with E-state index in [0.29, 0.717) is 25.5 Å². The molecule has 0 fully saturated rings. The lowest BCUT2D eigenvalue weighted by atomic mass is 10.4. The van der Waals surface area contributed by atoms with Gasteiger partial charge < -0.3 is 9.15 Å². The highest BCUT2D eigenvalue weighted by Crippen LogP contribution is 2.17. The minimum absolute atomic E-state index is 0.138. The summed E-state index contributed by atoms with van der Waals surface area (Å²) in [6, 6.07) is 2.83. The van der Waals surface area contributed by atoms with E-state index in [9.17, 15) is 14.9 Å². The van der Waals surface area contributed by atoms with Crippen molar-refractivity contribution in [2.24, 2.45) is 0 Å². The molecule has 0 unspecified atom stereocenters. The van der Waals surface area contributed by atoms with E-state index in [-0.39, 0.29) is 18.4 Å². The maximum absolute atomic E-state index is 11.3. The zero-order valence-electron chi connectivity index (χ0n) is 10.4. The predicted octanol–water partition coefficient (Wildman–Crippen LogP) is 1.57. The molecule has 0 saturated carbocycles. The van der Waals surface area contributed by atoms with Crippen LogP contribution in [0.25, 0.3) is 0 Å². The van der Waals surface area contributed by atoms with Crippen molar-refractivity contribution in [2.75, 3.05) is 19.7 Å². The summed E-state index contributed by atoms with van der Waals surface area (Å²) in [5.41, 5.74) is 0. The minimum Gasteiger partial charge on any atom is -0.465 e. The number of hydrogen-bond acceptors (Lipinski definition) is 6. The van der Waals surface area contributed by atoms with Crippen molar-refractivity contribution in [3.05, 3.63) is 28.0 Å². The summed E-state index contributed by atoms with van der Waals surface area (Å²) in [4.78, 5) is 23.0. The van der Waals surface area contributed by atoms with Gasteiger partial charge >= 0.3 is 11.9 Å².